The van der Waals surface area contributed by atoms with Crippen molar-refractivity contribution >= 4 is 30.8 Å². The number of hydrogen-bond donors (Lipinski definition) is 2. The summed E-state index contributed by atoms with van der Waals surface area (Å²) in [5, 5.41) is 7.77. The fourth-order valence-electron chi connectivity index (χ4n) is 3.36. The van der Waals surface area contributed by atoms with E-state index in [9.17, 15) is 4.79 Å². The van der Waals surface area contributed by atoms with Gasteiger partial charge in [0, 0.05) is 12.1 Å². The molecule has 2 atom stereocenters. The number of fused-ring (bicyclic) bond motifs is 1. The molecule has 0 bridgehead atoms. The van der Waals surface area contributed by atoms with Crippen molar-refractivity contribution in [3.8, 4) is 5.69 Å². The van der Waals surface area contributed by atoms with Crippen LogP contribution >= 0.6 is 24.8 Å². The van der Waals surface area contributed by atoms with Crippen molar-refractivity contribution in [3.05, 3.63) is 83.7 Å². The summed E-state index contributed by atoms with van der Waals surface area (Å²) in [6.07, 6.45) is 1.78. The Balaban J connectivity index is 0.00000160. The summed E-state index contributed by atoms with van der Waals surface area (Å²) >= 11 is 0. The van der Waals surface area contributed by atoms with Gasteiger partial charge in [0.25, 0.3) is 0 Å². The minimum atomic E-state index is -0.588. The van der Waals surface area contributed by atoms with Crippen LogP contribution in [0.2, 0.25) is 0 Å². The number of nitrogens with one attached hydrogen (secondary N) is 2. The van der Waals surface area contributed by atoms with E-state index in [2.05, 4.69) is 15.9 Å². The number of hydroxylamine groups is 1. The molecule has 0 spiro atoms. The molecular weight excluding hydrogens is 427 g/mol. The molecule has 0 aliphatic carbocycles. The SMILES string of the molecule is COC(=O)C1NCC(NOCc2ccccc2)c2cnn(-c3ccccc3)c21.Cl.Cl. The van der Waals surface area contributed by atoms with E-state index in [0.29, 0.717) is 13.2 Å². The molecule has 2 heterocycles. The Kier molecular flexibility index (Phi) is 8.83. The lowest BCUT2D eigenvalue weighted by Gasteiger charge is -2.29. The molecule has 7 nitrogen and oxygen atoms in total. The first-order valence-corrected chi connectivity index (χ1v) is 9.13. The van der Waals surface area contributed by atoms with Crippen molar-refractivity contribution in [1.82, 2.24) is 20.6 Å². The Morgan fingerprint density at radius 3 is 2.47 bits per heavy atom. The fourth-order valence-corrected chi connectivity index (χ4v) is 3.36. The maximum Gasteiger partial charge on any atom is 0.329 e. The number of esters is 1. The number of hydrogen-bond acceptors (Lipinski definition) is 6. The van der Waals surface area contributed by atoms with Gasteiger partial charge in [0.2, 0.25) is 0 Å². The zero-order valence-corrected chi connectivity index (χ0v) is 18.0. The maximum absolute atomic E-state index is 12.3. The topological polar surface area (TPSA) is 77.4 Å². The Morgan fingerprint density at radius 2 is 1.80 bits per heavy atom. The van der Waals surface area contributed by atoms with E-state index in [1.54, 1.807) is 10.9 Å². The quantitative estimate of drug-likeness (QED) is 0.443. The van der Waals surface area contributed by atoms with E-state index in [-0.39, 0.29) is 36.8 Å². The van der Waals surface area contributed by atoms with Crippen molar-refractivity contribution in [1.29, 1.82) is 0 Å². The molecule has 1 aromatic heterocycles. The Bertz CT molecular complexity index is 938. The minimum Gasteiger partial charge on any atom is -0.468 e. The highest BCUT2D eigenvalue weighted by molar-refractivity contribution is 5.85. The Hall–Kier alpha value is -2.42. The molecule has 3 aromatic rings. The number of para-hydroxylation sites is 1. The van der Waals surface area contributed by atoms with E-state index in [0.717, 1.165) is 22.5 Å². The van der Waals surface area contributed by atoms with Gasteiger partial charge in [-0.2, -0.15) is 10.6 Å². The van der Waals surface area contributed by atoms with Crippen LogP contribution in [0, 0.1) is 0 Å². The first-order valence-electron chi connectivity index (χ1n) is 9.13. The van der Waals surface area contributed by atoms with Gasteiger partial charge in [-0.15, -0.1) is 24.8 Å². The van der Waals surface area contributed by atoms with Crippen LogP contribution in [0.25, 0.3) is 5.69 Å². The van der Waals surface area contributed by atoms with E-state index < -0.39 is 6.04 Å². The van der Waals surface area contributed by atoms with Crippen molar-refractivity contribution < 1.29 is 14.4 Å². The van der Waals surface area contributed by atoms with Crippen molar-refractivity contribution in [3.63, 3.8) is 0 Å². The van der Waals surface area contributed by atoms with E-state index in [1.165, 1.54) is 7.11 Å². The van der Waals surface area contributed by atoms with Gasteiger partial charge in [-0.3, -0.25) is 10.2 Å². The predicted octanol–water partition coefficient (Wildman–Crippen LogP) is 3.30. The van der Waals surface area contributed by atoms with Crippen LogP contribution in [-0.4, -0.2) is 29.4 Å². The average Bonchev–Trinajstić information content (AvgIpc) is 3.20. The van der Waals surface area contributed by atoms with Gasteiger partial charge < -0.3 is 4.74 Å². The standard InChI is InChI=1S/C21H22N4O3.2ClH/c1-27-21(26)19-20-17(12-23-25(20)16-10-6-3-7-11-16)18(13-22-19)24-28-14-15-8-4-2-5-9-15;;/h2-12,18-19,22,24H,13-14H2,1H3;2*1H. The van der Waals surface area contributed by atoms with Gasteiger partial charge in [0.1, 0.15) is 6.04 Å². The highest BCUT2D eigenvalue weighted by Gasteiger charge is 2.36. The molecule has 0 saturated heterocycles. The number of aromatic nitrogens is 2. The third-order valence-electron chi connectivity index (χ3n) is 4.76. The van der Waals surface area contributed by atoms with E-state index in [4.69, 9.17) is 9.57 Å². The molecule has 9 heteroatoms. The summed E-state index contributed by atoms with van der Waals surface area (Å²) in [7, 11) is 1.39. The molecule has 2 N–H and O–H groups in total. The maximum atomic E-state index is 12.3. The van der Waals surface area contributed by atoms with Crippen molar-refractivity contribution in [2.45, 2.75) is 18.7 Å². The summed E-state index contributed by atoms with van der Waals surface area (Å²) in [5.74, 6) is -0.345. The largest absolute Gasteiger partial charge is 0.468 e. The molecule has 2 unspecified atom stereocenters. The highest BCUT2D eigenvalue weighted by atomic mass is 35.5. The van der Waals surface area contributed by atoms with Crippen molar-refractivity contribution in [2.24, 2.45) is 0 Å². The number of benzene rings is 2. The second kappa shape index (κ2) is 11.1. The number of nitrogens with zero attached hydrogens (tertiary/aromatic N) is 2. The summed E-state index contributed by atoms with van der Waals surface area (Å²) in [4.78, 5) is 18.0. The number of rotatable bonds is 6. The van der Waals surface area contributed by atoms with Gasteiger partial charge in [-0.25, -0.2) is 9.48 Å². The second-order valence-corrected chi connectivity index (χ2v) is 6.54. The van der Waals surface area contributed by atoms with E-state index >= 15 is 0 Å². The minimum absolute atomic E-state index is 0. The molecule has 30 heavy (non-hydrogen) atoms. The molecular formula is C21H24Cl2N4O3. The fraction of sp³-hybridized carbons (Fsp3) is 0.238. The van der Waals surface area contributed by atoms with Crippen molar-refractivity contribution in [2.75, 3.05) is 13.7 Å². The van der Waals surface area contributed by atoms with Gasteiger partial charge in [0.15, 0.2) is 0 Å². The third-order valence-corrected chi connectivity index (χ3v) is 4.76. The van der Waals surface area contributed by atoms with Crippen LogP contribution in [0.3, 0.4) is 0 Å². The molecule has 1 aliphatic rings. The lowest BCUT2D eigenvalue weighted by molar-refractivity contribution is -0.143. The summed E-state index contributed by atoms with van der Waals surface area (Å²) in [5.41, 5.74) is 6.72. The van der Waals surface area contributed by atoms with Gasteiger partial charge in [0.05, 0.1) is 37.3 Å². The monoisotopic (exact) mass is 450 g/mol. The van der Waals surface area contributed by atoms with Gasteiger partial charge in [-0.1, -0.05) is 48.5 Å². The van der Waals surface area contributed by atoms with Crippen LogP contribution in [-0.2, 0) is 21.0 Å². The molecule has 0 fully saturated rings. The normalized spacial score (nSPS) is 17.2. The first kappa shape index (κ1) is 23.9. The molecule has 0 amide bonds. The number of carbonyl (C=O) groups is 1. The third kappa shape index (κ3) is 5.00. The van der Waals surface area contributed by atoms with Crippen LogP contribution in [0.1, 0.15) is 28.9 Å². The molecule has 2 aromatic carbocycles. The number of ether oxygens (including phenoxy) is 1. The Labute approximate surface area is 187 Å². The highest BCUT2D eigenvalue weighted by Crippen LogP contribution is 2.31. The number of carbonyl (C=O) groups excluding carboxylic acids is 1. The number of methoxy groups -OCH3 is 1. The molecule has 1 aliphatic heterocycles. The average molecular weight is 451 g/mol. The Morgan fingerprint density at radius 1 is 1.13 bits per heavy atom. The molecule has 4 rings (SSSR count). The predicted molar refractivity (Wildman–Crippen MR) is 118 cm³/mol. The van der Waals surface area contributed by atoms with Crippen LogP contribution in [0.15, 0.2) is 66.9 Å². The van der Waals surface area contributed by atoms with E-state index in [1.807, 2.05) is 60.7 Å². The summed E-state index contributed by atoms with van der Waals surface area (Å²) < 4.78 is 6.76. The van der Waals surface area contributed by atoms with Gasteiger partial charge >= 0.3 is 5.97 Å². The summed E-state index contributed by atoms with van der Waals surface area (Å²) in [6.45, 7) is 0.960. The van der Waals surface area contributed by atoms with Gasteiger partial charge in [-0.05, 0) is 17.7 Å². The molecule has 160 valence electrons. The van der Waals surface area contributed by atoms with Crippen LogP contribution in [0.4, 0.5) is 0 Å². The lowest BCUT2D eigenvalue weighted by atomic mass is 9.98. The molecule has 0 saturated carbocycles. The summed E-state index contributed by atoms with van der Waals surface area (Å²) in [6, 6.07) is 18.9. The smallest absolute Gasteiger partial charge is 0.329 e. The van der Waals surface area contributed by atoms with Crippen LogP contribution in [0.5, 0.6) is 0 Å². The molecule has 0 radical (unpaired) electrons. The first-order chi connectivity index (χ1) is 13.8. The van der Waals surface area contributed by atoms with Crippen LogP contribution < -0.4 is 10.8 Å². The second-order valence-electron chi connectivity index (χ2n) is 6.54. The zero-order chi connectivity index (χ0) is 19.3. The number of halogens is 2. The zero-order valence-electron chi connectivity index (χ0n) is 16.4. The lowest BCUT2D eigenvalue weighted by Crippen LogP contribution is -2.43.